The highest BCUT2D eigenvalue weighted by Gasteiger charge is 2.29. The summed E-state index contributed by atoms with van der Waals surface area (Å²) in [6.07, 6.45) is 3.02. The fourth-order valence-corrected chi connectivity index (χ4v) is 6.05. The number of hydrogen-bond acceptors (Lipinski definition) is 9. The minimum absolute atomic E-state index is 0.0149. The van der Waals surface area contributed by atoms with E-state index in [0.717, 1.165) is 35.6 Å². The molecule has 0 radical (unpaired) electrons. The van der Waals surface area contributed by atoms with Crippen LogP contribution in [0.3, 0.4) is 0 Å². The van der Waals surface area contributed by atoms with Crippen LogP contribution in [0.25, 0.3) is 10.9 Å². The second-order valence-electron chi connectivity index (χ2n) is 14.6. The third kappa shape index (κ3) is 10.6. The molecule has 1 fully saturated rings. The van der Waals surface area contributed by atoms with E-state index in [9.17, 15) is 37.5 Å². The molecule has 13 nitrogen and oxygen atoms in total. The molecule has 2 atom stereocenters. The van der Waals surface area contributed by atoms with Gasteiger partial charge in [0, 0.05) is 56.5 Å². The highest BCUT2D eigenvalue weighted by atomic mass is 19.1. The predicted octanol–water partition coefficient (Wildman–Crippen LogP) is 5.75. The first kappa shape index (κ1) is 41.7. The molecule has 2 N–H and O–H groups in total. The van der Waals surface area contributed by atoms with Gasteiger partial charge in [0.1, 0.15) is 52.7 Å². The van der Waals surface area contributed by atoms with Gasteiger partial charge in [-0.05, 0) is 88.9 Å². The van der Waals surface area contributed by atoms with E-state index in [1.165, 1.54) is 46.0 Å². The number of carbonyl (C=O) groups is 3. The summed E-state index contributed by atoms with van der Waals surface area (Å²) in [5, 5.41) is 13.6. The fraction of sp³-hybridized carbons (Fsp3) is 0.400. The Labute approximate surface area is 321 Å². The number of halogens is 3. The molecule has 300 valence electrons. The highest BCUT2D eigenvalue weighted by molar-refractivity contribution is 5.95. The van der Waals surface area contributed by atoms with Crippen LogP contribution in [0.5, 0.6) is 5.75 Å². The van der Waals surface area contributed by atoms with Crippen LogP contribution in [-0.4, -0.2) is 87.3 Å². The number of nitrogens with one attached hydrogen (secondary N) is 1. The van der Waals surface area contributed by atoms with Crippen molar-refractivity contribution in [1.82, 2.24) is 18.9 Å². The topological polar surface area (TPSA) is 145 Å². The Balaban J connectivity index is 1.45. The van der Waals surface area contributed by atoms with Crippen LogP contribution in [0.15, 0.2) is 71.7 Å². The van der Waals surface area contributed by atoms with Crippen LogP contribution in [0.4, 0.5) is 23.7 Å². The van der Waals surface area contributed by atoms with Crippen molar-refractivity contribution in [3.8, 4) is 5.75 Å². The third-order valence-corrected chi connectivity index (χ3v) is 8.82. The Morgan fingerprint density at radius 2 is 1.75 bits per heavy atom. The molecule has 1 aliphatic heterocycles. The Morgan fingerprint density at radius 1 is 1.02 bits per heavy atom. The number of aliphatic hydroxyl groups is 1. The van der Waals surface area contributed by atoms with E-state index in [1.807, 2.05) is 0 Å². The largest absolute Gasteiger partial charge is 0.486 e. The summed E-state index contributed by atoms with van der Waals surface area (Å²) < 4.78 is 62.6. The van der Waals surface area contributed by atoms with Crippen molar-refractivity contribution in [2.45, 2.75) is 77.7 Å². The minimum Gasteiger partial charge on any atom is -0.486 e. The normalized spacial score (nSPS) is 14.6. The first-order valence-corrected chi connectivity index (χ1v) is 18.1. The van der Waals surface area contributed by atoms with Crippen molar-refractivity contribution in [3.05, 3.63) is 106 Å². The molecule has 0 spiro atoms. The number of aromatic nitrogens is 2. The smallest absolute Gasteiger partial charge is 0.419 e. The standard InChI is InChI=1S/C40H46F3N5O8/c1-40(2,3)56-39(53)48-29(20-26-19-28(42)22-33(35(26)48)54-24-25-14-15-27(41)21-30(25)43)23-47-18-10-11-31(37(47)51)44-36(50)32(12-6-7-13-34(49)45(4)5)55-38(52)46-16-8-9-17-46/h7,10-11,13-15,18-22,32,38,52H,6,8-9,12,16-17,23-24H2,1-5H3,(H,44,50)/b13-7+/t32-,38?/m0/s1. The molecule has 1 unspecified atom stereocenters. The zero-order valence-corrected chi connectivity index (χ0v) is 31.9. The number of pyridine rings is 1. The number of hydrogen-bond donors (Lipinski definition) is 2. The summed E-state index contributed by atoms with van der Waals surface area (Å²) in [5.74, 6) is -3.47. The van der Waals surface area contributed by atoms with Gasteiger partial charge in [0.15, 0.2) is 0 Å². The van der Waals surface area contributed by atoms with Crippen LogP contribution in [-0.2, 0) is 32.2 Å². The molecule has 0 aliphatic carbocycles. The van der Waals surface area contributed by atoms with Crippen molar-refractivity contribution in [2.24, 2.45) is 0 Å². The van der Waals surface area contributed by atoms with Crippen molar-refractivity contribution in [1.29, 1.82) is 0 Å². The molecule has 4 aromatic rings. The molecule has 56 heavy (non-hydrogen) atoms. The van der Waals surface area contributed by atoms with Gasteiger partial charge in [-0.1, -0.05) is 6.08 Å². The summed E-state index contributed by atoms with van der Waals surface area (Å²) in [6, 6.07) is 9.48. The molecule has 5 rings (SSSR count). The lowest BCUT2D eigenvalue weighted by Gasteiger charge is -2.26. The molecule has 2 aromatic heterocycles. The quantitative estimate of drug-likeness (QED) is 0.121. The molecule has 16 heteroatoms. The van der Waals surface area contributed by atoms with Gasteiger partial charge in [-0.3, -0.25) is 19.3 Å². The van der Waals surface area contributed by atoms with E-state index >= 15 is 0 Å². The van der Waals surface area contributed by atoms with Crippen LogP contribution in [0, 0.1) is 17.5 Å². The Bertz CT molecular complexity index is 2150. The number of anilines is 1. The Hall–Kier alpha value is -5.45. The van der Waals surface area contributed by atoms with Gasteiger partial charge < -0.3 is 34.1 Å². The lowest BCUT2D eigenvalue weighted by atomic mass is 10.1. The SMILES string of the molecule is CN(C)C(=O)/C=C/CC[C@H](OC(O)N1CCCC1)C(=O)Nc1cccn(Cc2cc3cc(F)cc(OCc4ccc(F)cc4F)c3n2C(=O)OC(C)(C)C)c1=O. The van der Waals surface area contributed by atoms with E-state index in [-0.39, 0.29) is 58.9 Å². The number of benzene rings is 2. The molecule has 0 bridgehead atoms. The average Bonchev–Trinajstić information content (AvgIpc) is 3.78. The van der Waals surface area contributed by atoms with Crippen LogP contribution in [0.2, 0.25) is 0 Å². The average molecular weight is 782 g/mol. The number of likely N-dealkylation sites (N-methyl/N-ethyl adjacent to an activating group) is 1. The highest BCUT2D eigenvalue weighted by Crippen LogP contribution is 2.33. The van der Waals surface area contributed by atoms with Crippen molar-refractivity contribution < 1.29 is 46.9 Å². The summed E-state index contributed by atoms with van der Waals surface area (Å²) in [4.78, 5) is 56.3. The Morgan fingerprint density at radius 3 is 2.43 bits per heavy atom. The number of allylic oxidation sites excluding steroid dienone is 1. The number of ether oxygens (including phenoxy) is 3. The summed E-state index contributed by atoms with van der Waals surface area (Å²) >= 11 is 0. The number of rotatable bonds is 14. The zero-order chi connectivity index (χ0) is 40.7. The molecular weight excluding hydrogens is 735 g/mol. The molecule has 0 saturated carbocycles. The maximum Gasteiger partial charge on any atom is 0.419 e. The van der Waals surface area contributed by atoms with E-state index in [0.29, 0.717) is 19.2 Å². The van der Waals surface area contributed by atoms with Gasteiger partial charge in [-0.15, -0.1) is 0 Å². The first-order valence-electron chi connectivity index (χ1n) is 18.1. The third-order valence-electron chi connectivity index (χ3n) is 8.82. The van der Waals surface area contributed by atoms with Gasteiger partial charge in [-0.25, -0.2) is 22.5 Å². The lowest BCUT2D eigenvalue weighted by Crippen LogP contribution is -2.42. The molecule has 2 amide bonds. The summed E-state index contributed by atoms with van der Waals surface area (Å²) in [5.41, 5.74) is -1.52. The van der Waals surface area contributed by atoms with Crippen molar-refractivity contribution >= 4 is 34.5 Å². The predicted molar refractivity (Wildman–Crippen MR) is 201 cm³/mol. The molecule has 3 heterocycles. The number of fused-ring (bicyclic) bond motifs is 1. The minimum atomic E-state index is -1.36. The summed E-state index contributed by atoms with van der Waals surface area (Å²) in [6.45, 7) is 5.45. The van der Waals surface area contributed by atoms with E-state index in [1.54, 1.807) is 45.8 Å². The maximum atomic E-state index is 15.0. The number of carbonyl (C=O) groups excluding carboxylic acids is 3. The van der Waals surface area contributed by atoms with Gasteiger partial charge in [0.2, 0.25) is 12.3 Å². The van der Waals surface area contributed by atoms with Gasteiger partial charge in [0.25, 0.3) is 11.5 Å². The monoisotopic (exact) mass is 781 g/mol. The maximum absolute atomic E-state index is 15.0. The molecule has 2 aromatic carbocycles. The number of nitrogens with zero attached hydrogens (tertiary/aromatic N) is 4. The van der Waals surface area contributed by atoms with E-state index < -0.39 is 59.7 Å². The second kappa shape index (κ2) is 18.0. The zero-order valence-electron chi connectivity index (χ0n) is 31.9. The first-order chi connectivity index (χ1) is 26.5. The van der Waals surface area contributed by atoms with Gasteiger partial charge in [-0.2, -0.15) is 0 Å². The molecular formula is C40H46F3N5O8. The number of amides is 2. The van der Waals surface area contributed by atoms with Crippen LogP contribution in [0.1, 0.15) is 57.7 Å². The summed E-state index contributed by atoms with van der Waals surface area (Å²) in [7, 11) is 3.21. The van der Waals surface area contributed by atoms with Gasteiger partial charge in [0.05, 0.1) is 12.2 Å². The van der Waals surface area contributed by atoms with E-state index in [2.05, 4.69) is 5.32 Å². The van der Waals surface area contributed by atoms with E-state index in [4.69, 9.17) is 14.2 Å². The Kier molecular flexibility index (Phi) is 13.4. The van der Waals surface area contributed by atoms with Gasteiger partial charge >= 0.3 is 6.09 Å². The number of likely N-dealkylation sites (tertiary alicyclic amines) is 1. The van der Waals surface area contributed by atoms with Crippen molar-refractivity contribution in [2.75, 3.05) is 32.5 Å². The molecule has 1 aliphatic rings. The van der Waals surface area contributed by atoms with Crippen LogP contribution >= 0.6 is 0 Å². The van der Waals surface area contributed by atoms with Crippen LogP contribution < -0.4 is 15.6 Å². The lowest BCUT2D eigenvalue weighted by molar-refractivity contribution is -0.211. The molecule has 1 saturated heterocycles. The second-order valence-corrected chi connectivity index (χ2v) is 14.6. The fourth-order valence-electron chi connectivity index (χ4n) is 6.05. The van der Waals surface area contributed by atoms with Crippen molar-refractivity contribution in [3.63, 3.8) is 0 Å². The number of aliphatic hydroxyl groups excluding tert-OH is 1.